The highest BCUT2D eigenvalue weighted by Crippen LogP contribution is 2.17. The van der Waals surface area contributed by atoms with E-state index in [2.05, 4.69) is 21.3 Å². The highest BCUT2D eigenvalue weighted by molar-refractivity contribution is 5.93. The van der Waals surface area contributed by atoms with Gasteiger partial charge in [0, 0.05) is 18.5 Å². The molecule has 0 saturated carbocycles. The third-order valence-corrected chi connectivity index (χ3v) is 6.81. The Hall–Kier alpha value is -3.51. The molecular formula is C32H53N5O7. The molecule has 0 fully saturated rings. The molecule has 0 aliphatic rings. The van der Waals surface area contributed by atoms with Crippen molar-refractivity contribution in [2.45, 2.75) is 111 Å². The summed E-state index contributed by atoms with van der Waals surface area (Å²) in [5.41, 5.74) is 5.43. The molecule has 44 heavy (non-hydrogen) atoms. The molecule has 0 aromatic heterocycles. The molecule has 7 N–H and O–H groups in total. The van der Waals surface area contributed by atoms with Crippen molar-refractivity contribution in [1.82, 2.24) is 21.3 Å². The van der Waals surface area contributed by atoms with Crippen LogP contribution in [-0.2, 0) is 30.5 Å². The second kappa shape index (κ2) is 18.3. The number of ether oxygens (including phenoxy) is 1. The summed E-state index contributed by atoms with van der Waals surface area (Å²) >= 11 is 0. The van der Waals surface area contributed by atoms with Gasteiger partial charge in [0.25, 0.3) is 0 Å². The monoisotopic (exact) mass is 619 g/mol. The molecule has 4 amide bonds. The molecule has 0 bridgehead atoms. The second-order valence-corrected chi connectivity index (χ2v) is 13.1. The lowest BCUT2D eigenvalue weighted by Gasteiger charge is -2.29. The van der Waals surface area contributed by atoms with Gasteiger partial charge in [-0.15, -0.1) is 0 Å². The first-order chi connectivity index (χ1) is 20.4. The minimum absolute atomic E-state index is 0.0712. The van der Waals surface area contributed by atoms with Gasteiger partial charge in [0.1, 0.15) is 17.7 Å². The Kier molecular flexibility index (Phi) is 16.0. The zero-order valence-electron chi connectivity index (χ0n) is 27.4. The van der Waals surface area contributed by atoms with E-state index in [0.717, 1.165) is 5.56 Å². The predicted octanol–water partition coefficient (Wildman–Crippen LogP) is 2.17. The first-order valence-electron chi connectivity index (χ1n) is 15.2. The third kappa shape index (κ3) is 15.3. The number of amides is 4. The van der Waals surface area contributed by atoms with Crippen molar-refractivity contribution in [3.8, 4) is 0 Å². The van der Waals surface area contributed by atoms with Crippen LogP contribution in [-0.4, -0.2) is 71.1 Å². The van der Waals surface area contributed by atoms with Crippen molar-refractivity contribution in [3.05, 3.63) is 35.9 Å². The van der Waals surface area contributed by atoms with Gasteiger partial charge in [-0.2, -0.15) is 0 Å². The third-order valence-electron chi connectivity index (χ3n) is 6.81. The van der Waals surface area contributed by atoms with Crippen LogP contribution in [0.25, 0.3) is 0 Å². The molecule has 0 saturated heterocycles. The number of ketones is 1. The van der Waals surface area contributed by atoms with Crippen LogP contribution in [0.2, 0.25) is 0 Å². The zero-order chi connectivity index (χ0) is 33.6. The van der Waals surface area contributed by atoms with Gasteiger partial charge < -0.3 is 36.8 Å². The van der Waals surface area contributed by atoms with Crippen molar-refractivity contribution in [2.24, 2.45) is 23.5 Å². The van der Waals surface area contributed by atoms with Crippen molar-refractivity contribution in [3.63, 3.8) is 0 Å². The number of aliphatic hydroxyl groups excluding tert-OH is 1. The summed E-state index contributed by atoms with van der Waals surface area (Å²) < 4.78 is 5.20. The minimum atomic E-state index is -1.21. The number of aliphatic hydroxyl groups is 1. The molecule has 248 valence electrons. The molecule has 0 aliphatic heterocycles. The van der Waals surface area contributed by atoms with Gasteiger partial charge in [-0.1, -0.05) is 65.0 Å². The van der Waals surface area contributed by atoms with Crippen LogP contribution in [0, 0.1) is 17.8 Å². The molecule has 0 aliphatic carbocycles. The standard InChI is InChI=1S/C32H53N5O7/c1-19(2)14-23(34-18-26(39)24(16-27(33)40)36-31(43)44-32(6,7)8)25(38)15-21(5)29(41)37-28(20(3)4)30(42)35-17-22-12-10-9-11-13-22/h9-13,19-21,23-25,28,34,38H,14-18H2,1-8H3,(H2,33,40)(H,35,42)(H,36,43)(H,37,41)/t21?,23-,24-,25?,28?/m0/s1. The maximum absolute atomic E-state index is 13.1. The first kappa shape index (κ1) is 38.5. The van der Waals surface area contributed by atoms with Gasteiger partial charge in [-0.05, 0) is 51.0 Å². The number of carbonyl (C=O) groups excluding carboxylic acids is 5. The molecule has 0 radical (unpaired) electrons. The van der Waals surface area contributed by atoms with Crippen LogP contribution < -0.4 is 27.0 Å². The van der Waals surface area contributed by atoms with Crippen LogP contribution in [0.5, 0.6) is 0 Å². The van der Waals surface area contributed by atoms with E-state index in [4.69, 9.17) is 10.5 Å². The van der Waals surface area contributed by atoms with E-state index in [9.17, 15) is 29.1 Å². The molecule has 3 unspecified atom stereocenters. The highest BCUT2D eigenvalue weighted by atomic mass is 16.6. The van der Waals surface area contributed by atoms with Crippen molar-refractivity contribution < 1.29 is 33.8 Å². The molecule has 1 rings (SSSR count). The summed E-state index contributed by atoms with van der Waals surface area (Å²) in [6, 6.07) is 6.92. The van der Waals surface area contributed by atoms with Gasteiger partial charge in [-0.3, -0.25) is 19.2 Å². The fraction of sp³-hybridized carbons (Fsp3) is 0.656. The van der Waals surface area contributed by atoms with E-state index < -0.39 is 60.0 Å². The molecule has 12 nitrogen and oxygen atoms in total. The number of nitrogens with two attached hydrogens (primary N) is 1. The summed E-state index contributed by atoms with van der Waals surface area (Å²) in [5, 5.41) is 22.2. The summed E-state index contributed by atoms with van der Waals surface area (Å²) in [4.78, 5) is 62.8. The Bertz CT molecular complexity index is 1090. The molecule has 0 heterocycles. The lowest BCUT2D eigenvalue weighted by atomic mass is 9.91. The summed E-state index contributed by atoms with van der Waals surface area (Å²) in [6.07, 6.45) is -1.72. The molecule has 12 heteroatoms. The zero-order valence-corrected chi connectivity index (χ0v) is 27.4. The van der Waals surface area contributed by atoms with Crippen LogP contribution >= 0.6 is 0 Å². The average Bonchev–Trinajstić information content (AvgIpc) is 2.90. The number of carbonyl (C=O) groups is 5. The van der Waals surface area contributed by atoms with Crippen LogP contribution in [0.1, 0.15) is 80.2 Å². The number of hydrogen-bond acceptors (Lipinski definition) is 8. The Morgan fingerprint density at radius 2 is 1.52 bits per heavy atom. The number of primary amides is 1. The van der Waals surface area contributed by atoms with Crippen LogP contribution in [0.4, 0.5) is 4.79 Å². The van der Waals surface area contributed by atoms with E-state index >= 15 is 0 Å². The van der Waals surface area contributed by atoms with Gasteiger partial charge in [0.2, 0.25) is 17.7 Å². The van der Waals surface area contributed by atoms with E-state index in [1.165, 1.54) is 0 Å². The molecule has 1 aromatic carbocycles. The van der Waals surface area contributed by atoms with Crippen molar-refractivity contribution in [1.29, 1.82) is 0 Å². The van der Waals surface area contributed by atoms with E-state index in [1.54, 1.807) is 27.7 Å². The van der Waals surface area contributed by atoms with Gasteiger partial charge in [0.15, 0.2) is 5.78 Å². The number of alkyl carbamates (subject to hydrolysis) is 1. The predicted molar refractivity (Wildman–Crippen MR) is 168 cm³/mol. The SMILES string of the molecule is CC(C)C[C@H](NCC(=O)[C@H](CC(N)=O)NC(=O)OC(C)(C)C)C(O)CC(C)C(=O)NC(C(=O)NCc1ccccc1)C(C)C. The Morgan fingerprint density at radius 3 is 2.05 bits per heavy atom. The van der Waals surface area contributed by atoms with Crippen LogP contribution in [0.3, 0.4) is 0 Å². The number of nitrogens with one attached hydrogen (secondary N) is 4. The maximum Gasteiger partial charge on any atom is 0.408 e. The number of rotatable bonds is 18. The topological polar surface area (TPSA) is 189 Å². The Morgan fingerprint density at radius 1 is 0.909 bits per heavy atom. The molecule has 0 spiro atoms. The number of benzene rings is 1. The van der Waals surface area contributed by atoms with Crippen molar-refractivity contribution >= 4 is 29.6 Å². The van der Waals surface area contributed by atoms with E-state index in [0.29, 0.717) is 13.0 Å². The Balaban J connectivity index is 2.83. The molecule has 1 aromatic rings. The number of Topliss-reactive ketones (excluding diaryl/α,β-unsaturated/α-hetero) is 1. The van der Waals surface area contributed by atoms with Gasteiger partial charge in [0.05, 0.1) is 19.1 Å². The molecular weight excluding hydrogens is 566 g/mol. The maximum atomic E-state index is 13.1. The van der Waals surface area contributed by atoms with Crippen molar-refractivity contribution in [2.75, 3.05) is 6.54 Å². The Labute approximate surface area is 261 Å². The summed E-state index contributed by atoms with van der Waals surface area (Å²) in [7, 11) is 0. The van der Waals surface area contributed by atoms with Gasteiger partial charge >= 0.3 is 6.09 Å². The lowest BCUT2D eigenvalue weighted by Crippen LogP contribution is -2.52. The van der Waals surface area contributed by atoms with E-state index in [-0.39, 0.29) is 36.6 Å². The fourth-order valence-electron chi connectivity index (χ4n) is 4.49. The second-order valence-electron chi connectivity index (χ2n) is 13.1. The largest absolute Gasteiger partial charge is 0.444 e. The lowest BCUT2D eigenvalue weighted by molar-refractivity contribution is -0.132. The quantitative estimate of drug-likeness (QED) is 0.144. The smallest absolute Gasteiger partial charge is 0.408 e. The highest BCUT2D eigenvalue weighted by Gasteiger charge is 2.31. The normalized spacial score (nSPS) is 15.1. The number of hydrogen-bond donors (Lipinski definition) is 6. The summed E-state index contributed by atoms with van der Waals surface area (Å²) in [6.45, 7) is 14.3. The minimum Gasteiger partial charge on any atom is -0.444 e. The molecule has 5 atom stereocenters. The van der Waals surface area contributed by atoms with Crippen LogP contribution in [0.15, 0.2) is 30.3 Å². The summed E-state index contributed by atoms with van der Waals surface area (Å²) in [5.74, 6) is -2.63. The van der Waals surface area contributed by atoms with Gasteiger partial charge in [-0.25, -0.2) is 4.79 Å². The van der Waals surface area contributed by atoms with E-state index in [1.807, 2.05) is 58.0 Å². The first-order valence-corrected chi connectivity index (χ1v) is 15.2. The average molecular weight is 620 g/mol. The fourth-order valence-corrected chi connectivity index (χ4v) is 4.49.